The summed E-state index contributed by atoms with van der Waals surface area (Å²) in [5.41, 5.74) is 6.02. The Kier molecular flexibility index (Phi) is 6.38. The SMILES string of the molecule is COc1cc(-c2cccc3cc([C@H](C)Nc4nccc5scnc45)n(-c4ccccc4)c(=O)c23)ccc1C=O. The maximum Gasteiger partial charge on any atom is 0.263 e. The van der Waals surface area contributed by atoms with E-state index in [9.17, 15) is 9.59 Å². The topological polar surface area (TPSA) is 86.1 Å². The number of nitrogens with one attached hydrogen (secondary N) is 1. The molecule has 6 aromatic rings. The van der Waals surface area contributed by atoms with Gasteiger partial charge in [-0.1, -0.05) is 42.5 Å². The summed E-state index contributed by atoms with van der Waals surface area (Å²) in [4.78, 5) is 34.8. The molecule has 0 aliphatic heterocycles. The Bertz CT molecular complexity index is 1900. The van der Waals surface area contributed by atoms with Gasteiger partial charge in [-0.25, -0.2) is 9.97 Å². The second kappa shape index (κ2) is 10.2. The maximum atomic E-state index is 14.4. The number of hydrogen-bond acceptors (Lipinski definition) is 7. The van der Waals surface area contributed by atoms with Crippen LogP contribution in [0.3, 0.4) is 0 Å². The monoisotopic (exact) mass is 532 g/mol. The third kappa shape index (κ3) is 4.34. The smallest absolute Gasteiger partial charge is 0.263 e. The molecule has 3 aromatic heterocycles. The highest BCUT2D eigenvalue weighted by Crippen LogP contribution is 2.33. The molecule has 0 fully saturated rings. The summed E-state index contributed by atoms with van der Waals surface area (Å²) in [5, 5.41) is 4.88. The number of carbonyl (C=O) groups is 1. The highest BCUT2D eigenvalue weighted by atomic mass is 32.1. The van der Waals surface area contributed by atoms with E-state index < -0.39 is 0 Å². The molecule has 1 atom stereocenters. The Hall–Kier alpha value is -4.82. The normalized spacial score (nSPS) is 11.9. The molecule has 0 saturated heterocycles. The van der Waals surface area contributed by atoms with E-state index in [1.807, 2.05) is 73.7 Å². The lowest BCUT2D eigenvalue weighted by Gasteiger charge is -2.22. The number of para-hydroxylation sites is 1. The van der Waals surface area contributed by atoms with Gasteiger partial charge in [0.25, 0.3) is 5.56 Å². The van der Waals surface area contributed by atoms with Gasteiger partial charge in [0.1, 0.15) is 11.3 Å². The van der Waals surface area contributed by atoms with Gasteiger partial charge in [0.15, 0.2) is 12.1 Å². The van der Waals surface area contributed by atoms with Crippen molar-refractivity contribution in [2.24, 2.45) is 0 Å². The Morgan fingerprint density at radius 3 is 2.64 bits per heavy atom. The van der Waals surface area contributed by atoms with E-state index in [0.29, 0.717) is 22.5 Å². The van der Waals surface area contributed by atoms with E-state index in [4.69, 9.17) is 4.74 Å². The number of ether oxygens (including phenoxy) is 1. The third-order valence-corrected chi connectivity index (χ3v) is 7.60. The Labute approximate surface area is 228 Å². The molecule has 192 valence electrons. The number of fused-ring (bicyclic) bond motifs is 2. The zero-order chi connectivity index (χ0) is 26.9. The van der Waals surface area contributed by atoms with Crippen molar-refractivity contribution >= 4 is 44.4 Å². The van der Waals surface area contributed by atoms with E-state index in [-0.39, 0.29) is 11.6 Å². The highest BCUT2D eigenvalue weighted by molar-refractivity contribution is 7.16. The van der Waals surface area contributed by atoms with Gasteiger partial charge in [-0.3, -0.25) is 14.2 Å². The fraction of sp³-hybridized carbons (Fsp3) is 0.0968. The van der Waals surface area contributed by atoms with Crippen molar-refractivity contribution in [3.63, 3.8) is 0 Å². The second-order valence-electron chi connectivity index (χ2n) is 9.11. The lowest BCUT2D eigenvalue weighted by atomic mass is 9.96. The quantitative estimate of drug-likeness (QED) is 0.232. The first-order chi connectivity index (χ1) is 19.1. The minimum absolute atomic E-state index is 0.142. The summed E-state index contributed by atoms with van der Waals surface area (Å²) >= 11 is 1.56. The third-order valence-electron chi connectivity index (χ3n) is 6.81. The number of anilines is 1. The van der Waals surface area contributed by atoms with Gasteiger partial charge in [-0.15, -0.1) is 11.3 Å². The number of aldehydes is 1. The molecule has 3 heterocycles. The van der Waals surface area contributed by atoms with Crippen LogP contribution in [0.5, 0.6) is 5.75 Å². The number of carbonyl (C=O) groups excluding carboxylic acids is 1. The molecule has 0 radical (unpaired) electrons. The number of thiazole rings is 1. The molecule has 1 N–H and O–H groups in total. The number of pyridine rings is 2. The zero-order valence-electron chi connectivity index (χ0n) is 21.3. The zero-order valence-corrected chi connectivity index (χ0v) is 22.1. The van der Waals surface area contributed by atoms with Crippen molar-refractivity contribution in [1.82, 2.24) is 14.5 Å². The molecular weight excluding hydrogens is 508 g/mol. The van der Waals surface area contributed by atoms with Gasteiger partial charge in [0, 0.05) is 17.6 Å². The average Bonchev–Trinajstić information content (AvgIpc) is 3.47. The average molecular weight is 533 g/mol. The number of nitrogens with zero attached hydrogens (tertiary/aromatic N) is 3. The van der Waals surface area contributed by atoms with Crippen LogP contribution in [0.25, 0.3) is 37.8 Å². The van der Waals surface area contributed by atoms with Crippen LogP contribution in [0.15, 0.2) is 95.4 Å². The van der Waals surface area contributed by atoms with Gasteiger partial charge in [-0.05, 0) is 59.8 Å². The summed E-state index contributed by atoms with van der Waals surface area (Å²) in [6.45, 7) is 2.01. The fourth-order valence-electron chi connectivity index (χ4n) is 4.94. The van der Waals surface area contributed by atoms with Crippen LogP contribution in [0.1, 0.15) is 29.0 Å². The van der Waals surface area contributed by atoms with Crippen LogP contribution in [-0.4, -0.2) is 27.9 Å². The Balaban J connectivity index is 1.57. The van der Waals surface area contributed by atoms with Crippen molar-refractivity contribution in [3.8, 4) is 22.6 Å². The molecule has 0 saturated carbocycles. The first kappa shape index (κ1) is 24.5. The molecule has 6 rings (SSSR count). The van der Waals surface area contributed by atoms with Crippen molar-refractivity contribution in [2.75, 3.05) is 12.4 Å². The number of benzene rings is 3. The Morgan fingerprint density at radius 1 is 1.00 bits per heavy atom. The van der Waals surface area contributed by atoms with E-state index in [1.54, 1.807) is 39.7 Å². The van der Waals surface area contributed by atoms with Gasteiger partial charge in [0.2, 0.25) is 0 Å². The van der Waals surface area contributed by atoms with Gasteiger partial charge in [-0.2, -0.15) is 0 Å². The summed E-state index contributed by atoms with van der Waals surface area (Å²) in [5.74, 6) is 1.13. The number of methoxy groups -OCH3 is 1. The molecule has 0 unspecified atom stereocenters. The molecule has 8 heteroatoms. The first-order valence-corrected chi connectivity index (χ1v) is 13.3. The van der Waals surface area contributed by atoms with E-state index >= 15 is 0 Å². The van der Waals surface area contributed by atoms with Crippen molar-refractivity contribution < 1.29 is 9.53 Å². The van der Waals surface area contributed by atoms with Gasteiger partial charge < -0.3 is 10.1 Å². The summed E-state index contributed by atoms with van der Waals surface area (Å²) in [6.07, 6.45) is 2.52. The van der Waals surface area contributed by atoms with Gasteiger partial charge in [0.05, 0.1) is 34.3 Å². The molecular formula is C31H24N4O3S. The van der Waals surface area contributed by atoms with Crippen molar-refractivity contribution in [3.05, 3.63) is 112 Å². The number of aromatic nitrogens is 3. The second-order valence-corrected chi connectivity index (χ2v) is 10.0. The largest absolute Gasteiger partial charge is 0.496 e. The van der Waals surface area contributed by atoms with Gasteiger partial charge >= 0.3 is 0 Å². The predicted octanol–water partition coefficient (Wildman–Crippen LogP) is 6.66. The highest BCUT2D eigenvalue weighted by Gasteiger charge is 2.20. The van der Waals surface area contributed by atoms with Crippen LogP contribution in [0.4, 0.5) is 5.82 Å². The van der Waals surface area contributed by atoms with Crippen LogP contribution in [-0.2, 0) is 0 Å². The number of hydrogen-bond donors (Lipinski definition) is 1. The van der Waals surface area contributed by atoms with Crippen LogP contribution in [0.2, 0.25) is 0 Å². The first-order valence-electron chi connectivity index (χ1n) is 12.4. The van der Waals surface area contributed by atoms with Crippen LogP contribution >= 0.6 is 11.3 Å². The Morgan fingerprint density at radius 2 is 1.85 bits per heavy atom. The molecule has 0 aliphatic rings. The lowest BCUT2D eigenvalue weighted by molar-refractivity contribution is 0.112. The molecule has 7 nitrogen and oxygen atoms in total. The standard InChI is InChI=1S/C31H24N4O3S/c1-19(34-30-29-27(13-14-32-30)39-18-33-29)25-15-21-7-6-10-24(20-11-12-22(17-36)26(16-20)38-2)28(21)31(37)35(25)23-8-4-3-5-9-23/h3-19H,1-2H3,(H,32,34)/t19-/m0/s1. The summed E-state index contributed by atoms with van der Waals surface area (Å²) < 4.78 is 8.23. The molecule has 0 amide bonds. The molecule has 0 bridgehead atoms. The summed E-state index contributed by atoms with van der Waals surface area (Å²) in [6, 6.07) is 24.5. The van der Waals surface area contributed by atoms with Crippen LogP contribution in [0, 0.1) is 0 Å². The fourth-order valence-corrected chi connectivity index (χ4v) is 5.61. The lowest BCUT2D eigenvalue weighted by Crippen LogP contribution is -2.26. The predicted molar refractivity (Wildman–Crippen MR) is 156 cm³/mol. The van der Waals surface area contributed by atoms with Crippen molar-refractivity contribution in [2.45, 2.75) is 13.0 Å². The molecule has 3 aromatic carbocycles. The van der Waals surface area contributed by atoms with E-state index in [1.165, 1.54) is 7.11 Å². The summed E-state index contributed by atoms with van der Waals surface area (Å²) in [7, 11) is 1.53. The maximum absolute atomic E-state index is 14.4. The number of rotatable bonds is 7. The minimum Gasteiger partial charge on any atom is -0.496 e. The van der Waals surface area contributed by atoms with E-state index in [0.717, 1.165) is 44.4 Å². The molecule has 0 spiro atoms. The van der Waals surface area contributed by atoms with Crippen molar-refractivity contribution in [1.29, 1.82) is 0 Å². The van der Waals surface area contributed by atoms with E-state index in [2.05, 4.69) is 15.3 Å². The van der Waals surface area contributed by atoms with Crippen LogP contribution < -0.4 is 15.6 Å². The molecule has 0 aliphatic carbocycles. The minimum atomic E-state index is -0.266. The molecule has 39 heavy (non-hydrogen) atoms.